The minimum absolute atomic E-state index is 0.187. The molecule has 0 unspecified atom stereocenters. The summed E-state index contributed by atoms with van der Waals surface area (Å²) in [5.41, 5.74) is 2.55. The van der Waals surface area contributed by atoms with Crippen LogP contribution in [0.2, 0.25) is 0 Å². The number of carbonyl (C=O) groups is 3. The molecule has 0 aromatic heterocycles. The third kappa shape index (κ3) is 4.59. The molecule has 0 bridgehead atoms. The summed E-state index contributed by atoms with van der Waals surface area (Å²) in [6.07, 6.45) is 0. The first-order chi connectivity index (χ1) is 14.5. The van der Waals surface area contributed by atoms with Crippen molar-refractivity contribution >= 4 is 23.3 Å². The van der Waals surface area contributed by atoms with Crippen molar-refractivity contribution in [2.75, 3.05) is 11.9 Å². The van der Waals surface area contributed by atoms with Gasteiger partial charge in [-0.15, -0.1) is 0 Å². The summed E-state index contributed by atoms with van der Waals surface area (Å²) >= 11 is 0. The molecule has 3 rings (SSSR count). The van der Waals surface area contributed by atoms with Crippen molar-refractivity contribution in [1.29, 1.82) is 5.26 Å². The van der Waals surface area contributed by atoms with Gasteiger partial charge in [-0.25, -0.2) is 4.79 Å². The monoisotopic (exact) mass is 398 g/mol. The second-order valence-electron chi connectivity index (χ2n) is 6.43. The van der Waals surface area contributed by atoms with Gasteiger partial charge in [0.2, 0.25) is 0 Å². The van der Waals surface area contributed by atoms with E-state index in [1.54, 1.807) is 72.8 Å². The molecule has 148 valence electrons. The molecule has 6 heteroatoms. The summed E-state index contributed by atoms with van der Waals surface area (Å²) in [6.45, 7) is 0.889. The van der Waals surface area contributed by atoms with Crippen LogP contribution in [0.15, 0.2) is 72.8 Å². The van der Waals surface area contributed by atoms with Gasteiger partial charge in [0.15, 0.2) is 12.4 Å². The number of Topliss-reactive ketones (excluding diaryl/α,β-unsaturated/α-hetero) is 1. The van der Waals surface area contributed by atoms with Crippen LogP contribution in [-0.2, 0) is 9.53 Å². The van der Waals surface area contributed by atoms with E-state index in [4.69, 9.17) is 4.74 Å². The number of amides is 1. The average molecular weight is 398 g/mol. The molecule has 1 amide bonds. The highest BCUT2D eigenvalue weighted by Gasteiger charge is 2.17. The van der Waals surface area contributed by atoms with E-state index in [0.29, 0.717) is 27.9 Å². The van der Waals surface area contributed by atoms with Gasteiger partial charge in [-0.2, -0.15) is 5.26 Å². The topological polar surface area (TPSA) is 96.3 Å². The van der Waals surface area contributed by atoms with Gasteiger partial charge in [0.1, 0.15) is 0 Å². The molecular weight excluding hydrogens is 380 g/mol. The zero-order chi connectivity index (χ0) is 21.5. The minimum Gasteiger partial charge on any atom is -0.452 e. The van der Waals surface area contributed by atoms with Crippen molar-refractivity contribution in [2.45, 2.75) is 6.92 Å². The van der Waals surface area contributed by atoms with Gasteiger partial charge in [0, 0.05) is 11.1 Å². The average Bonchev–Trinajstić information content (AvgIpc) is 2.77. The SMILES string of the molecule is CC(=O)c1ccccc1NC(=O)COC(=O)c1ccccc1-c1ccccc1C#N. The molecule has 0 radical (unpaired) electrons. The van der Waals surface area contributed by atoms with E-state index in [0.717, 1.165) is 0 Å². The molecule has 0 spiro atoms. The van der Waals surface area contributed by atoms with Crippen LogP contribution in [0, 0.1) is 11.3 Å². The number of hydrogen-bond donors (Lipinski definition) is 1. The van der Waals surface area contributed by atoms with E-state index in [1.807, 2.05) is 0 Å². The Kier molecular flexibility index (Phi) is 6.36. The van der Waals surface area contributed by atoms with Gasteiger partial charge in [-0.1, -0.05) is 48.5 Å². The Morgan fingerprint density at radius 3 is 2.17 bits per heavy atom. The molecule has 0 saturated carbocycles. The number of nitrogens with one attached hydrogen (secondary N) is 1. The molecule has 1 N–H and O–H groups in total. The number of hydrogen-bond acceptors (Lipinski definition) is 5. The van der Waals surface area contributed by atoms with Gasteiger partial charge in [0.05, 0.1) is 22.9 Å². The Morgan fingerprint density at radius 1 is 0.867 bits per heavy atom. The Bertz CT molecular complexity index is 1160. The highest BCUT2D eigenvalue weighted by atomic mass is 16.5. The lowest BCUT2D eigenvalue weighted by atomic mass is 9.96. The Labute approximate surface area is 173 Å². The maximum Gasteiger partial charge on any atom is 0.339 e. The van der Waals surface area contributed by atoms with Crippen molar-refractivity contribution in [2.24, 2.45) is 0 Å². The molecule has 0 aliphatic heterocycles. The maximum atomic E-state index is 12.6. The fraction of sp³-hybridized carbons (Fsp3) is 0.0833. The summed E-state index contributed by atoms with van der Waals surface area (Å²) in [6, 6.07) is 22.4. The van der Waals surface area contributed by atoms with E-state index in [1.165, 1.54) is 6.92 Å². The molecule has 3 aromatic rings. The van der Waals surface area contributed by atoms with E-state index in [2.05, 4.69) is 11.4 Å². The van der Waals surface area contributed by atoms with E-state index in [9.17, 15) is 19.6 Å². The normalized spacial score (nSPS) is 10.0. The van der Waals surface area contributed by atoms with Crippen molar-refractivity contribution in [1.82, 2.24) is 0 Å². The lowest BCUT2D eigenvalue weighted by molar-refractivity contribution is -0.119. The van der Waals surface area contributed by atoms with Crippen molar-refractivity contribution in [3.63, 3.8) is 0 Å². The predicted molar refractivity (Wildman–Crippen MR) is 112 cm³/mol. The number of benzene rings is 3. The Morgan fingerprint density at radius 2 is 1.47 bits per heavy atom. The summed E-state index contributed by atoms with van der Waals surface area (Å²) in [7, 11) is 0. The van der Waals surface area contributed by atoms with Crippen LogP contribution < -0.4 is 5.32 Å². The number of carbonyl (C=O) groups excluding carboxylic acids is 3. The molecule has 0 aliphatic carbocycles. The first kappa shape index (κ1) is 20.5. The minimum atomic E-state index is -0.687. The van der Waals surface area contributed by atoms with Gasteiger partial charge < -0.3 is 10.1 Å². The second kappa shape index (κ2) is 9.30. The zero-order valence-corrected chi connectivity index (χ0v) is 16.2. The van der Waals surface area contributed by atoms with Gasteiger partial charge >= 0.3 is 5.97 Å². The van der Waals surface area contributed by atoms with Crippen LogP contribution in [0.3, 0.4) is 0 Å². The maximum absolute atomic E-state index is 12.6. The van der Waals surface area contributed by atoms with Crippen molar-refractivity contribution in [3.05, 3.63) is 89.5 Å². The number of anilines is 1. The quantitative estimate of drug-likeness (QED) is 0.495. The second-order valence-corrected chi connectivity index (χ2v) is 6.43. The number of nitriles is 1. The standard InChI is InChI=1S/C24H18N2O4/c1-16(27)18-9-6-7-13-22(18)26-23(28)15-30-24(29)21-12-5-4-11-20(21)19-10-3-2-8-17(19)14-25/h2-13H,15H2,1H3,(H,26,28). The number of rotatable bonds is 6. The fourth-order valence-corrected chi connectivity index (χ4v) is 3.01. The summed E-state index contributed by atoms with van der Waals surface area (Å²) in [5.74, 6) is -1.44. The smallest absolute Gasteiger partial charge is 0.339 e. The fourth-order valence-electron chi connectivity index (χ4n) is 3.01. The highest BCUT2D eigenvalue weighted by molar-refractivity contribution is 6.04. The largest absolute Gasteiger partial charge is 0.452 e. The summed E-state index contributed by atoms with van der Waals surface area (Å²) in [4.78, 5) is 36.5. The van der Waals surface area contributed by atoms with Crippen LogP contribution in [0.4, 0.5) is 5.69 Å². The zero-order valence-electron chi connectivity index (χ0n) is 16.2. The van der Waals surface area contributed by atoms with Gasteiger partial charge in [-0.3, -0.25) is 9.59 Å². The van der Waals surface area contributed by atoms with Crippen LogP contribution >= 0.6 is 0 Å². The molecule has 0 fully saturated rings. The first-order valence-corrected chi connectivity index (χ1v) is 9.16. The lowest BCUT2D eigenvalue weighted by Crippen LogP contribution is -2.22. The molecule has 3 aromatic carbocycles. The van der Waals surface area contributed by atoms with E-state index >= 15 is 0 Å². The summed E-state index contributed by atoms with van der Waals surface area (Å²) in [5, 5.41) is 11.9. The highest BCUT2D eigenvalue weighted by Crippen LogP contribution is 2.27. The Balaban J connectivity index is 1.75. The molecule has 6 nitrogen and oxygen atoms in total. The number of para-hydroxylation sites is 1. The van der Waals surface area contributed by atoms with E-state index in [-0.39, 0.29) is 11.3 Å². The van der Waals surface area contributed by atoms with E-state index < -0.39 is 18.5 Å². The number of ether oxygens (including phenoxy) is 1. The third-order valence-electron chi connectivity index (χ3n) is 4.40. The van der Waals surface area contributed by atoms with Gasteiger partial charge in [-0.05, 0) is 36.8 Å². The third-order valence-corrected chi connectivity index (χ3v) is 4.40. The molecule has 0 saturated heterocycles. The van der Waals surface area contributed by atoms with Gasteiger partial charge in [0.25, 0.3) is 5.91 Å². The lowest BCUT2D eigenvalue weighted by Gasteiger charge is -2.12. The number of esters is 1. The van der Waals surface area contributed by atoms with Crippen LogP contribution in [0.25, 0.3) is 11.1 Å². The molecule has 30 heavy (non-hydrogen) atoms. The van der Waals surface area contributed by atoms with Crippen molar-refractivity contribution < 1.29 is 19.1 Å². The number of ketones is 1. The predicted octanol–water partition coefficient (Wildman–Crippen LogP) is 4.22. The summed E-state index contributed by atoms with van der Waals surface area (Å²) < 4.78 is 5.18. The first-order valence-electron chi connectivity index (χ1n) is 9.16. The molecule has 0 aliphatic rings. The van der Waals surface area contributed by atoms with Crippen molar-refractivity contribution in [3.8, 4) is 17.2 Å². The Hall–Kier alpha value is -4.24. The molecule has 0 atom stereocenters. The molecular formula is C24H18N2O4. The van der Waals surface area contributed by atoms with Crippen LogP contribution in [0.5, 0.6) is 0 Å². The number of nitrogens with zero attached hydrogens (tertiary/aromatic N) is 1. The van der Waals surface area contributed by atoms with Crippen LogP contribution in [0.1, 0.15) is 33.2 Å². The van der Waals surface area contributed by atoms with Crippen LogP contribution in [-0.4, -0.2) is 24.3 Å². The molecule has 0 heterocycles.